The van der Waals surface area contributed by atoms with E-state index in [0.29, 0.717) is 0 Å². The third kappa shape index (κ3) is 0.815. The van der Waals surface area contributed by atoms with Crippen molar-refractivity contribution in [1.29, 1.82) is 0 Å². The van der Waals surface area contributed by atoms with E-state index in [0.717, 1.165) is 13.8 Å². The number of rotatable bonds is 0. The van der Waals surface area contributed by atoms with Crippen molar-refractivity contribution < 1.29 is 23.0 Å². The second-order valence-corrected chi connectivity index (χ2v) is 2.29. The largest absolute Gasteiger partial charge is 0.514 e. The molecule has 0 aromatic heterocycles. The molecule has 0 unspecified atom stereocenters. The normalized spacial score (nSPS) is 46.6. The summed E-state index contributed by atoms with van der Waals surface area (Å²) in [6.07, 6.45) is -1.32. The van der Waals surface area contributed by atoms with Gasteiger partial charge in [-0.2, -0.15) is 8.78 Å². The summed E-state index contributed by atoms with van der Waals surface area (Å²) in [7, 11) is 0. The molecule has 1 rings (SSSR count). The van der Waals surface area contributed by atoms with Gasteiger partial charge in [0.25, 0.3) is 0 Å². The van der Waals surface area contributed by atoms with Crippen molar-refractivity contribution in [2.45, 2.75) is 25.6 Å². The van der Waals surface area contributed by atoms with E-state index in [9.17, 15) is 13.6 Å². The van der Waals surface area contributed by atoms with Crippen LogP contribution in [0.15, 0.2) is 0 Å². The van der Waals surface area contributed by atoms with Gasteiger partial charge in [0, 0.05) is 13.8 Å². The lowest BCUT2D eigenvalue weighted by molar-refractivity contribution is -0.191. The molecule has 1 fully saturated rings. The quantitative estimate of drug-likeness (QED) is 0.493. The van der Waals surface area contributed by atoms with Crippen LogP contribution in [0.2, 0.25) is 0 Å². The highest BCUT2D eigenvalue weighted by molar-refractivity contribution is 5.63. The predicted octanol–water partition coefficient (Wildman–Crippen LogP) is 1.52. The van der Waals surface area contributed by atoms with Crippen LogP contribution in [-0.4, -0.2) is 17.9 Å². The molecule has 1 aliphatic rings. The number of alkyl halides is 2. The molecular formula is C5H6F2O3. The third-order valence-corrected chi connectivity index (χ3v) is 1.35. The Balaban J connectivity index is 2.88. The molecule has 0 saturated carbocycles. The lowest BCUT2D eigenvalue weighted by Crippen LogP contribution is -2.39. The molecule has 3 nitrogen and oxygen atoms in total. The summed E-state index contributed by atoms with van der Waals surface area (Å²) in [5, 5.41) is 0. The molecule has 0 aromatic carbocycles. The smallest absolute Gasteiger partial charge is 0.390 e. The van der Waals surface area contributed by atoms with Crippen LogP contribution in [0.1, 0.15) is 13.8 Å². The van der Waals surface area contributed by atoms with Gasteiger partial charge in [-0.25, -0.2) is 4.79 Å². The summed E-state index contributed by atoms with van der Waals surface area (Å²) in [6, 6.07) is 0. The van der Waals surface area contributed by atoms with Crippen molar-refractivity contribution in [1.82, 2.24) is 0 Å². The summed E-state index contributed by atoms with van der Waals surface area (Å²) in [5.74, 6) is -5.35. The number of carbonyl (C=O) groups is 1. The highest BCUT2D eigenvalue weighted by Crippen LogP contribution is 2.38. The zero-order chi connectivity index (χ0) is 7.99. The van der Waals surface area contributed by atoms with E-state index < -0.39 is 17.9 Å². The monoisotopic (exact) mass is 152 g/mol. The topological polar surface area (TPSA) is 35.5 Å². The van der Waals surface area contributed by atoms with E-state index >= 15 is 0 Å². The summed E-state index contributed by atoms with van der Waals surface area (Å²) in [5.41, 5.74) is 0. The van der Waals surface area contributed by atoms with Crippen molar-refractivity contribution in [3.05, 3.63) is 0 Å². The van der Waals surface area contributed by atoms with Gasteiger partial charge in [0.15, 0.2) is 0 Å². The van der Waals surface area contributed by atoms with Crippen molar-refractivity contribution >= 4 is 6.16 Å². The van der Waals surface area contributed by atoms with Crippen molar-refractivity contribution in [3.8, 4) is 0 Å². The average Bonchev–Trinajstić information content (AvgIpc) is 1.73. The SMILES string of the molecule is C[C@]1(F)OC(=O)O[C@]1(C)F. The predicted molar refractivity (Wildman–Crippen MR) is 26.6 cm³/mol. The van der Waals surface area contributed by atoms with Crippen molar-refractivity contribution in [2.24, 2.45) is 0 Å². The molecule has 10 heavy (non-hydrogen) atoms. The van der Waals surface area contributed by atoms with Crippen LogP contribution in [0.3, 0.4) is 0 Å². The van der Waals surface area contributed by atoms with Crippen LogP contribution in [0.4, 0.5) is 13.6 Å². The van der Waals surface area contributed by atoms with Gasteiger partial charge in [0.2, 0.25) is 0 Å². The maximum atomic E-state index is 12.7. The zero-order valence-electron chi connectivity index (χ0n) is 5.48. The van der Waals surface area contributed by atoms with Gasteiger partial charge in [0.05, 0.1) is 0 Å². The van der Waals surface area contributed by atoms with Crippen LogP contribution < -0.4 is 0 Å². The van der Waals surface area contributed by atoms with Crippen LogP contribution in [0.25, 0.3) is 0 Å². The Hall–Kier alpha value is -0.870. The molecule has 0 bridgehead atoms. The first-order valence-corrected chi connectivity index (χ1v) is 2.65. The lowest BCUT2D eigenvalue weighted by atomic mass is 10.2. The number of ether oxygens (including phenoxy) is 2. The molecule has 0 aliphatic carbocycles. The molecule has 2 atom stereocenters. The fraction of sp³-hybridized carbons (Fsp3) is 0.800. The summed E-state index contributed by atoms with van der Waals surface area (Å²) in [6.45, 7) is 1.58. The molecule has 5 heteroatoms. The lowest BCUT2D eigenvalue weighted by Gasteiger charge is -2.19. The molecule has 0 N–H and O–H groups in total. The molecule has 0 radical (unpaired) electrons. The Morgan fingerprint density at radius 2 is 1.50 bits per heavy atom. The molecule has 0 aromatic rings. The van der Waals surface area contributed by atoms with E-state index in [1.54, 1.807) is 0 Å². The van der Waals surface area contributed by atoms with Crippen LogP contribution in [-0.2, 0) is 9.47 Å². The van der Waals surface area contributed by atoms with Gasteiger partial charge in [-0.15, -0.1) is 0 Å². The number of carbonyl (C=O) groups excluding carboxylic acids is 1. The molecule has 1 saturated heterocycles. The van der Waals surface area contributed by atoms with Crippen molar-refractivity contribution in [2.75, 3.05) is 0 Å². The van der Waals surface area contributed by atoms with Crippen LogP contribution >= 0.6 is 0 Å². The van der Waals surface area contributed by atoms with E-state index in [1.165, 1.54) is 0 Å². The number of cyclic esters (lactones) is 2. The third-order valence-electron chi connectivity index (χ3n) is 1.35. The minimum atomic E-state index is -2.68. The number of hydrogen-bond acceptors (Lipinski definition) is 3. The molecule has 0 amide bonds. The second kappa shape index (κ2) is 1.59. The van der Waals surface area contributed by atoms with E-state index in [2.05, 4.69) is 9.47 Å². The van der Waals surface area contributed by atoms with Gasteiger partial charge in [-0.05, 0) is 0 Å². The van der Waals surface area contributed by atoms with Gasteiger partial charge in [-0.3, -0.25) is 0 Å². The average molecular weight is 152 g/mol. The fourth-order valence-electron chi connectivity index (χ4n) is 0.516. The molecular weight excluding hydrogens is 146 g/mol. The maximum Gasteiger partial charge on any atom is 0.514 e. The highest BCUT2D eigenvalue weighted by atomic mass is 19.2. The standard InChI is InChI=1S/C5H6F2O3/c1-4(6)5(2,7)10-3(8)9-4/h1-2H3/t4-,5-/m0/s1. The Morgan fingerprint density at radius 3 is 1.60 bits per heavy atom. The molecule has 0 spiro atoms. The van der Waals surface area contributed by atoms with E-state index in [1.807, 2.05) is 0 Å². The zero-order valence-corrected chi connectivity index (χ0v) is 5.48. The Morgan fingerprint density at radius 1 is 1.20 bits per heavy atom. The second-order valence-electron chi connectivity index (χ2n) is 2.29. The summed E-state index contributed by atoms with van der Waals surface area (Å²) in [4.78, 5) is 10.1. The summed E-state index contributed by atoms with van der Waals surface area (Å²) < 4.78 is 33.1. The van der Waals surface area contributed by atoms with Gasteiger partial charge in [0.1, 0.15) is 0 Å². The molecule has 1 aliphatic heterocycles. The van der Waals surface area contributed by atoms with Gasteiger partial charge < -0.3 is 9.47 Å². The Bertz CT molecular complexity index is 158. The first-order valence-electron chi connectivity index (χ1n) is 2.65. The Kier molecular flexibility index (Phi) is 1.15. The van der Waals surface area contributed by atoms with Gasteiger partial charge >= 0.3 is 17.9 Å². The fourth-order valence-corrected chi connectivity index (χ4v) is 0.516. The summed E-state index contributed by atoms with van der Waals surface area (Å²) >= 11 is 0. The molecule has 58 valence electrons. The molecule has 1 heterocycles. The van der Waals surface area contributed by atoms with E-state index in [-0.39, 0.29) is 0 Å². The van der Waals surface area contributed by atoms with Crippen LogP contribution in [0, 0.1) is 0 Å². The first kappa shape index (κ1) is 7.24. The minimum Gasteiger partial charge on any atom is -0.390 e. The highest BCUT2D eigenvalue weighted by Gasteiger charge is 2.59. The maximum absolute atomic E-state index is 12.7. The van der Waals surface area contributed by atoms with Crippen molar-refractivity contribution in [3.63, 3.8) is 0 Å². The Labute approximate surface area is 55.9 Å². The minimum absolute atomic E-state index is 0.790. The van der Waals surface area contributed by atoms with Gasteiger partial charge in [-0.1, -0.05) is 0 Å². The van der Waals surface area contributed by atoms with E-state index in [4.69, 9.17) is 0 Å². The first-order chi connectivity index (χ1) is 4.35. The van der Waals surface area contributed by atoms with Crippen LogP contribution in [0.5, 0.6) is 0 Å². The number of hydrogen-bond donors (Lipinski definition) is 0. The number of halogens is 2.